The summed E-state index contributed by atoms with van der Waals surface area (Å²) in [5.41, 5.74) is 2.73. The highest BCUT2D eigenvalue weighted by Crippen LogP contribution is 2.36. The van der Waals surface area contributed by atoms with E-state index in [-0.39, 0.29) is 0 Å². The first-order chi connectivity index (χ1) is 8.00. The Balaban J connectivity index is 2.43. The maximum absolute atomic E-state index is 10.3. The molecule has 0 radical (unpaired) electrons. The van der Waals surface area contributed by atoms with Crippen molar-refractivity contribution in [1.29, 1.82) is 0 Å². The molecule has 17 heavy (non-hydrogen) atoms. The molecule has 0 fully saturated rings. The monoisotopic (exact) mass is 286 g/mol. The van der Waals surface area contributed by atoms with Crippen LogP contribution in [-0.4, -0.2) is 5.11 Å². The molecule has 0 aliphatic heterocycles. The summed E-state index contributed by atoms with van der Waals surface area (Å²) in [6.45, 7) is 3.84. The number of aliphatic hydroxyl groups excluding tert-OH is 1. The van der Waals surface area contributed by atoms with Gasteiger partial charge in [-0.1, -0.05) is 35.3 Å². The number of rotatable bonds is 2. The largest absolute Gasteiger partial charge is 0.383 e. The fourth-order valence-corrected chi connectivity index (χ4v) is 3.10. The van der Waals surface area contributed by atoms with E-state index in [1.54, 1.807) is 0 Å². The topological polar surface area (TPSA) is 20.2 Å². The fourth-order valence-electron chi connectivity index (χ4n) is 1.69. The minimum atomic E-state index is -0.662. The molecular formula is C13H12Cl2OS. The molecule has 4 heteroatoms. The van der Waals surface area contributed by atoms with Gasteiger partial charge in [0.1, 0.15) is 6.10 Å². The first-order valence-corrected chi connectivity index (χ1v) is 6.77. The molecule has 1 atom stereocenters. The lowest BCUT2D eigenvalue weighted by Crippen LogP contribution is -2.00. The number of aryl methyl sites for hydroxylation is 1. The quantitative estimate of drug-likeness (QED) is 0.844. The Morgan fingerprint density at radius 1 is 1.24 bits per heavy atom. The highest BCUT2D eigenvalue weighted by Gasteiger charge is 2.17. The van der Waals surface area contributed by atoms with Gasteiger partial charge in [-0.15, -0.1) is 11.3 Å². The number of aliphatic hydroxyl groups is 1. The minimum absolute atomic E-state index is 0.662. The van der Waals surface area contributed by atoms with Crippen molar-refractivity contribution in [2.45, 2.75) is 20.0 Å². The molecule has 1 aromatic carbocycles. The van der Waals surface area contributed by atoms with Crippen LogP contribution in [0.1, 0.15) is 27.7 Å². The molecule has 0 saturated heterocycles. The Morgan fingerprint density at radius 2 is 1.94 bits per heavy atom. The zero-order valence-corrected chi connectivity index (χ0v) is 11.8. The van der Waals surface area contributed by atoms with E-state index in [0.29, 0.717) is 5.02 Å². The summed E-state index contributed by atoms with van der Waals surface area (Å²) >= 11 is 13.5. The molecular weight excluding hydrogens is 275 g/mol. The van der Waals surface area contributed by atoms with Crippen molar-refractivity contribution in [3.8, 4) is 0 Å². The molecule has 1 N–H and O–H groups in total. The van der Waals surface area contributed by atoms with E-state index >= 15 is 0 Å². The molecule has 0 aliphatic rings. The summed E-state index contributed by atoms with van der Waals surface area (Å²) in [5, 5.41) is 11.0. The van der Waals surface area contributed by atoms with E-state index in [2.05, 4.69) is 0 Å². The van der Waals surface area contributed by atoms with E-state index in [1.165, 1.54) is 11.3 Å². The van der Waals surface area contributed by atoms with Gasteiger partial charge >= 0.3 is 0 Å². The average molecular weight is 287 g/mol. The molecule has 0 bridgehead atoms. The number of hydrogen-bond acceptors (Lipinski definition) is 2. The number of halogens is 2. The van der Waals surface area contributed by atoms with Gasteiger partial charge < -0.3 is 5.11 Å². The van der Waals surface area contributed by atoms with Crippen molar-refractivity contribution in [2.24, 2.45) is 0 Å². The molecule has 2 rings (SSSR count). The second kappa shape index (κ2) is 4.99. The summed E-state index contributed by atoms with van der Waals surface area (Å²) in [6, 6.07) is 7.46. The van der Waals surface area contributed by atoms with Crippen LogP contribution in [0.15, 0.2) is 24.3 Å². The highest BCUT2D eigenvalue weighted by molar-refractivity contribution is 7.16. The van der Waals surface area contributed by atoms with Gasteiger partial charge in [0.05, 0.1) is 4.34 Å². The zero-order chi connectivity index (χ0) is 12.6. The molecule has 0 amide bonds. The van der Waals surface area contributed by atoms with Gasteiger partial charge in [-0.25, -0.2) is 0 Å². The molecule has 1 heterocycles. The number of thiophene rings is 1. The second-order valence-corrected chi connectivity index (χ2v) is 6.06. The zero-order valence-electron chi connectivity index (χ0n) is 9.50. The average Bonchev–Trinajstić information content (AvgIpc) is 2.62. The van der Waals surface area contributed by atoms with E-state index < -0.39 is 6.10 Å². The van der Waals surface area contributed by atoms with E-state index in [0.717, 1.165) is 25.9 Å². The maximum Gasteiger partial charge on any atom is 0.114 e. The minimum Gasteiger partial charge on any atom is -0.383 e. The highest BCUT2D eigenvalue weighted by atomic mass is 35.5. The Labute approximate surface area is 115 Å². The molecule has 1 aromatic heterocycles. The molecule has 1 unspecified atom stereocenters. The van der Waals surface area contributed by atoms with E-state index in [1.807, 2.05) is 38.1 Å². The SMILES string of the molecule is Cc1cc(C(O)c2cccc(Cl)c2C)sc1Cl. The Hall–Kier alpha value is -0.540. The van der Waals surface area contributed by atoms with Crippen LogP contribution in [0.3, 0.4) is 0 Å². The van der Waals surface area contributed by atoms with Crippen molar-refractivity contribution in [1.82, 2.24) is 0 Å². The molecule has 0 aliphatic carbocycles. The third kappa shape index (κ3) is 2.50. The van der Waals surface area contributed by atoms with Crippen LogP contribution in [0.25, 0.3) is 0 Å². The first kappa shape index (κ1) is 12.9. The van der Waals surface area contributed by atoms with Gasteiger partial charge in [0.15, 0.2) is 0 Å². The van der Waals surface area contributed by atoms with Crippen LogP contribution in [-0.2, 0) is 0 Å². The third-order valence-electron chi connectivity index (χ3n) is 2.75. The molecule has 0 spiro atoms. The lowest BCUT2D eigenvalue weighted by atomic mass is 10.0. The van der Waals surface area contributed by atoms with Crippen LogP contribution < -0.4 is 0 Å². The summed E-state index contributed by atoms with van der Waals surface area (Å²) in [5.74, 6) is 0. The number of hydrogen-bond donors (Lipinski definition) is 1. The Bertz CT molecular complexity index is 529. The summed E-state index contributed by atoms with van der Waals surface area (Å²) in [7, 11) is 0. The standard InChI is InChI=1S/C13H12Cl2OS/c1-7-6-11(17-13(7)15)12(16)9-4-3-5-10(14)8(9)2/h3-6,12,16H,1-2H3. The van der Waals surface area contributed by atoms with Crippen LogP contribution in [0.4, 0.5) is 0 Å². The summed E-state index contributed by atoms with van der Waals surface area (Å²) in [4.78, 5) is 0.845. The molecule has 0 saturated carbocycles. The summed E-state index contributed by atoms with van der Waals surface area (Å²) in [6.07, 6.45) is -0.662. The van der Waals surface area contributed by atoms with Crippen LogP contribution >= 0.6 is 34.5 Å². The Morgan fingerprint density at radius 3 is 2.53 bits per heavy atom. The van der Waals surface area contributed by atoms with Gasteiger partial charge in [-0.2, -0.15) is 0 Å². The predicted octanol–water partition coefficient (Wildman–Crippen LogP) is 4.75. The van der Waals surface area contributed by atoms with Gasteiger partial charge in [-0.05, 0) is 42.7 Å². The van der Waals surface area contributed by atoms with Gasteiger partial charge in [0.2, 0.25) is 0 Å². The van der Waals surface area contributed by atoms with Crippen molar-refractivity contribution in [3.63, 3.8) is 0 Å². The lowest BCUT2D eigenvalue weighted by molar-refractivity contribution is 0.223. The molecule has 90 valence electrons. The lowest BCUT2D eigenvalue weighted by Gasteiger charge is -2.12. The summed E-state index contributed by atoms with van der Waals surface area (Å²) < 4.78 is 0.721. The van der Waals surface area contributed by atoms with Crippen LogP contribution in [0.5, 0.6) is 0 Å². The normalized spacial score (nSPS) is 12.8. The van der Waals surface area contributed by atoms with E-state index in [4.69, 9.17) is 23.2 Å². The molecule has 1 nitrogen and oxygen atoms in total. The van der Waals surface area contributed by atoms with Crippen molar-refractivity contribution in [2.75, 3.05) is 0 Å². The van der Waals surface area contributed by atoms with E-state index in [9.17, 15) is 5.11 Å². The van der Waals surface area contributed by atoms with Crippen molar-refractivity contribution in [3.05, 3.63) is 55.2 Å². The smallest absolute Gasteiger partial charge is 0.114 e. The number of benzene rings is 1. The van der Waals surface area contributed by atoms with Crippen LogP contribution in [0.2, 0.25) is 9.36 Å². The van der Waals surface area contributed by atoms with Crippen LogP contribution in [0, 0.1) is 13.8 Å². The first-order valence-electron chi connectivity index (χ1n) is 5.19. The maximum atomic E-state index is 10.3. The van der Waals surface area contributed by atoms with Gasteiger partial charge in [0, 0.05) is 9.90 Å². The second-order valence-electron chi connectivity index (χ2n) is 3.96. The van der Waals surface area contributed by atoms with Crippen molar-refractivity contribution >= 4 is 34.5 Å². The van der Waals surface area contributed by atoms with Crippen molar-refractivity contribution < 1.29 is 5.11 Å². The van der Waals surface area contributed by atoms with Gasteiger partial charge in [-0.3, -0.25) is 0 Å². The van der Waals surface area contributed by atoms with Gasteiger partial charge in [0.25, 0.3) is 0 Å². The third-order valence-corrected chi connectivity index (χ3v) is 4.77. The Kier molecular flexibility index (Phi) is 3.79. The predicted molar refractivity (Wildman–Crippen MR) is 74.3 cm³/mol. The fraction of sp³-hybridized carbons (Fsp3) is 0.231. The molecule has 2 aromatic rings.